The van der Waals surface area contributed by atoms with Crippen LogP contribution in [0, 0.1) is 0 Å². The molecule has 2 rings (SSSR count). The van der Waals surface area contributed by atoms with Crippen LogP contribution in [0.15, 0.2) is 48.5 Å². The van der Waals surface area contributed by atoms with Crippen molar-refractivity contribution in [3.63, 3.8) is 0 Å². The number of rotatable bonds is 7. The lowest BCUT2D eigenvalue weighted by atomic mass is 10.0. The highest BCUT2D eigenvalue weighted by molar-refractivity contribution is 5.88. The molecule has 5 heteroatoms. The maximum atomic E-state index is 12.3. The van der Waals surface area contributed by atoms with E-state index in [-0.39, 0.29) is 23.9 Å². The minimum atomic E-state index is -0.998. The van der Waals surface area contributed by atoms with Gasteiger partial charge >= 0.3 is 5.97 Å². The average Bonchev–Trinajstić information content (AvgIpc) is 2.60. The van der Waals surface area contributed by atoms with E-state index in [1.54, 1.807) is 19.2 Å². The van der Waals surface area contributed by atoms with E-state index in [0.29, 0.717) is 5.56 Å². The van der Waals surface area contributed by atoms with Gasteiger partial charge in [0, 0.05) is 0 Å². The van der Waals surface area contributed by atoms with Crippen LogP contribution in [0.2, 0.25) is 0 Å². The summed E-state index contributed by atoms with van der Waals surface area (Å²) >= 11 is 0. The molecule has 0 saturated carbocycles. The van der Waals surface area contributed by atoms with E-state index in [0.717, 1.165) is 17.7 Å². The van der Waals surface area contributed by atoms with E-state index in [4.69, 9.17) is 9.84 Å². The van der Waals surface area contributed by atoms with Crippen LogP contribution in [0.4, 0.5) is 0 Å². The van der Waals surface area contributed by atoms with E-state index < -0.39 is 5.97 Å². The predicted octanol–water partition coefficient (Wildman–Crippen LogP) is 3.20. The summed E-state index contributed by atoms with van der Waals surface area (Å²) in [6.07, 6.45) is 0.904. The topological polar surface area (TPSA) is 75.6 Å². The van der Waals surface area contributed by atoms with Crippen LogP contribution >= 0.6 is 0 Å². The first-order valence-corrected chi connectivity index (χ1v) is 7.79. The zero-order chi connectivity index (χ0) is 17.5. The molecule has 0 heterocycles. The first-order chi connectivity index (χ1) is 11.5. The lowest BCUT2D eigenvalue weighted by Crippen LogP contribution is -2.29. The second-order valence-electron chi connectivity index (χ2n) is 5.48. The molecule has 0 aliphatic heterocycles. The highest BCUT2D eigenvalue weighted by atomic mass is 16.5. The standard InChI is InChI=1S/C19H21NO4/c1-3-17(14-7-9-16(24-2)10-8-14)20-18(21)12-13-5-4-6-15(11-13)19(22)23/h4-11,17H,3,12H2,1-2H3,(H,20,21)(H,22,23). The van der Waals surface area contributed by atoms with E-state index in [2.05, 4.69) is 5.32 Å². The van der Waals surface area contributed by atoms with Gasteiger partial charge in [0.2, 0.25) is 5.91 Å². The van der Waals surface area contributed by atoms with Gasteiger partial charge in [-0.1, -0.05) is 31.2 Å². The van der Waals surface area contributed by atoms with Gasteiger partial charge in [-0.15, -0.1) is 0 Å². The van der Waals surface area contributed by atoms with Crippen molar-refractivity contribution in [2.24, 2.45) is 0 Å². The van der Waals surface area contributed by atoms with Gasteiger partial charge in [-0.05, 0) is 41.8 Å². The summed E-state index contributed by atoms with van der Waals surface area (Å²) < 4.78 is 5.14. The molecule has 0 aliphatic rings. The zero-order valence-corrected chi connectivity index (χ0v) is 13.8. The molecule has 2 aromatic carbocycles. The Hall–Kier alpha value is -2.82. The summed E-state index contributed by atoms with van der Waals surface area (Å²) in [5, 5.41) is 12.0. The van der Waals surface area contributed by atoms with Crippen LogP contribution in [-0.2, 0) is 11.2 Å². The Bertz CT molecular complexity index is 710. The van der Waals surface area contributed by atoms with Crippen molar-refractivity contribution < 1.29 is 19.4 Å². The summed E-state index contributed by atoms with van der Waals surface area (Å²) in [6, 6.07) is 13.9. The second-order valence-corrected chi connectivity index (χ2v) is 5.48. The molecule has 0 aliphatic carbocycles. The third-order valence-electron chi connectivity index (χ3n) is 3.80. The fourth-order valence-electron chi connectivity index (χ4n) is 2.50. The van der Waals surface area contributed by atoms with Crippen molar-refractivity contribution in [1.29, 1.82) is 0 Å². The summed E-state index contributed by atoms with van der Waals surface area (Å²) in [5.41, 5.74) is 1.87. The molecular formula is C19H21NO4. The molecule has 5 nitrogen and oxygen atoms in total. The van der Waals surface area contributed by atoms with Gasteiger partial charge in [-0.25, -0.2) is 4.79 Å². The number of carbonyl (C=O) groups is 2. The number of amides is 1. The van der Waals surface area contributed by atoms with Gasteiger partial charge < -0.3 is 15.2 Å². The molecule has 0 radical (unpaired) electrons. The van der Waals surface area contributed by atoms with Crippen molar-refractivity contribution in [1.82, 2.24) is 5.32 Å². The Morgan fingerprint density at radius 1 is 1.17 bits per heavy atom. The summed E-state index contributed by atoms with van der Waals surface area (Å²) in [6.45, 7) is 2.00. The number of carbonyl (C=O) groups excluding carboxylic acids is 1. The van der Waals surface area contributed by atoms with Gasteiger partial charge in [0.25, 0.3) is 0 Å². The van der Waals surface area contributed by atoms with E-state index >= 15 is 0 Å². The van der Waals surface area contributed by atoms with Crippen molar-refractivity contribution in [2.45, 2.75) is 25.8 Å². The van der Waals surface area contributed by atoms with Crippen molar-refractivity contribution in [3.8, 4) is 5.75 Å². The van der Waals surface area contributed by atoms with Gasteiger partial charge in [0.05, 0.1) is 25.1 Å². The summed E-state index contributed by atoms with van der Waals surface area (Å²) in [5.74, 6) is -0.368. The molecule has 0 fully saturated rings. The smallest absolute Gasteiger partial charge is 0.335 e. The number of aromatic carboxylic acids is 1. The fourth-order valence-corrected chi connectivity index (χ4v) is 2.50. The third kappa shape index (κ3) is 4.59. The number of ether oxygens (including phenoxy) is 1. The number of hydrogen-bond acceptors (Lipinski definition) is 3. The third-order valence-corrected chi connectivity index (χ3v) is 3.80. The number of carboxylic acids is 1. The quantitative estimate of drug-likeness (QED) is 0.819. The molecule has 1 amide bonds. The van der Waals surface area contributed by atoms with Gasteiger partial charge in [0.1, 0.15) is 5.75 Å². The van der Waals surface area contributed by atoms with Gasteiger partial charge in [-0.3, -0.25) is 4.79 Å². The van der Waals surface area contributed by atoms with Crippen LogP contribution in [-0.4, -0.2) is 24.1 Å². The van der Waals surface area contributed by atoms with Crippen LogP contribution in [0.25, 0.3) is 0 Å². The van der Waals surface area contributed by atoms with Crippen molar-refractivity contribution >= 4 is 11.9 Å². The molecule has 2 aromatic rings. The Balaban J connectivity index is 2.03. The first kappa shape index (κ1) is 17.5. The molecule has 1 unspecified atom stereocenters. The predicted molar refractivity (Wildman–Crippen MR) is 91.3 cm³/mol. The van der Waals surface area contributed by atoms with E-state index in [1.165, 1.54) is 12.1 Å². The zero-order valence-electron chi connectivity index (χ0n) is 13.8. The molecule has 0 aromatic heterocycles. The number of benzene rings is 2. The van der Waals surface area contributed by atoms with Crippen molar-refractivity contribution in [2.75, 3.05) is 7.11 Å². The normalized spacial score (nSPS) is 11.6. The number of carboxylic acid groups (broad SMARTS) is 1. The molecule has 126 valence electrons. The second kappa shape index (κ2) is 8.15. The number of methoxy groups -OCH3 is 1. The minimum absolute atomic E-state index is 0.0916. The maximum Gasteiger partial charge on any atom is 0.335 e. The molecule has 2 N–H and O–H groups in total. The Morgan fingerprint density at radius 3 is 2.46 bits per heavy atom. The van der Waals surface area contributed by atoms with Crippen LogP contribution < -0.4 is 10.1 Å². The lowest BCUT2D eigenvalue weighted by molar-refractivity contribution is -0.121. The highest BCUT2D eigenvalue weighted by Crippen LogP contribution is 2.20. The summed E-state index contributed by atoms with van der Waals surface area (Å²) in [4.78, 5) is 23.3. The number of nitrogens with one attached hydrogen (secondary N) is 1. The van der Waals surface area contributed by atoms with Gasteiger partial charge in [0.15, 0.2) is 0 Å². The molecule has 0 spiro atoms. The fraction of sp³-hybridized carbons (Fsp3) is 0.263. The summed E-state index contributed by atoms with van der Waals surface area (Å²) in [7, 11) is 1.61. The van der Waals surface area contributed by atoms with E-state index in [9.17, 15) is 9.59 Å². The van der Waals surface area contributed by atoms with Crippen molar-refractivity contribution in [3.05, 3.63) is 65.2 Å². The minimum Gasteiger partial charge on any atom is -0.497 e. The largest absolute Gasteiger partial charge is 0.497 e. The lowest BCUT2D eigenvalue weighted by Gasteiger charge is -2.18. The van der Waals surface area contributed by atoms with Gasteiger partial charge in [-0.2, -0.15) is 0 Å². The Morgan fingerprint density at radius 2 is 1.88 bits per heavy atom. The van der Waals surface area contributed by atoms with E-state index in [1.807, 2.05) is 31.2 Å². The average molecular weight is 327 g/mol. The highest BCUT2D eigenvalue weighted by Gasteiger charge is 2.14. The van der Waals surface area contributed by atoms with Crippen LogP contribution in [0.3, 0.4) is 0 Å². The molecule has 1 atom stereocenters. The molecular weight excluding hydrogens is 306 g/mol. The first-order valence-electron chi connectivity index (χ1n) is 7.79. The molecule has 0 saturated heterocycles. The van der Waals surface area contributed by atoms with Crippen LogP contribution in [0.1, 0.15) is 40.9 Å². The maximum absolute atomic E-state index is 12.3. The molecule has 24 heavy (non-hydrogen) atoms. The Labute approximate surface area is 141 Å². The molecule has 0 bridgehead atoms. The monoisotopic (exact) mass is 327 g/mol. The van der Waals surface area contributed by atoms with Crippen LogP contribution in [0.5, 0.6) is 5.75 Å². The Kier molecular flexibility index (Phi) is 5.95. The SMILES string of the molecule is CCC(NC(=O)Cc1cccc(C(=O)O)c1)c1ccc(OC)cc1. The number of hydrogen-bond donors (Lipinski definition) is 2.